The number of amides is 1. The lowest BCUT2D eigenvalue weighted by molar-refractivity contribution is 0.0946. The SMILES string of the molecule is CC(C)n1c(=O)[nH]c2cc(-c3noc(CNC(=O)c4ccccc4)n3)ccc21. The monoisotopic (exact) mass is 377 g/mol. The fourth-order valence-corrected chi connectivity index (χ4v) is 3.07. The molecule has 0 radical (unpaired) electrons. The van der Waals surface area contributed by atoms with E-state index in [0.717, 1.165) is 5.52 Å². The van der Waals surface area contributed by atoms with E-state index < -0.39 is 0 Å². The number of hydrogen-bond donors (Lipinski definition) is 2. The third kappa shape index (κ3) is 3.32. The first-order valence-corrected chi connectivity index (χ1v) is 8.93. The van der Waals surface area contributed by atoms with Crippen LogP contribution in [0.5, 0.6) is 0 Å². The molecule has 8 heteroatoms. The number of rotatable bonds is 5. The maximum absolute atomic E-state index is 12.1. The molecule has 28 heavy (non-hydrogen) atoms. The second kappa shape index (κ2) is 7.15. The molecule has 1 amide bonds. The van der Waals surface area contributed by atoms with Crippen molar-refractivity contribution in [2.24, 2.45) is 0 Å². The van der Waals surface area contributed by atoms with E-state index in [-0.39, 0.29) is 24.2 Å². The zero-order chi connectivity index (χ0) is 19.7. The van der Waals surface area contributed by atoms with Crippen LogP contribution in [0.3, 0.4) is 0 Å². The molecular weight excluding hydrogens is 358 g/mol. The first kappa shape index (κ1) is 17.7. The van der Waals surface area contributed by atoms with Crippen LogP contribution in [0.1, 0.15) is 36.1 Å². The Morgan fingerprint density at radius 3 is 2.75 bits per heavy atom. The van der Waals surface area contributed by atoms with Crippen molar-refractivity contribution in [3.63, 3.8) is 0 Å². The molecule has 8 nitrogen and oxygen atoms in total. The molecule has 0 saturated heterocycles. The number of fused-ring (bicyclic) bond motifs is 1. The Morgan fingerprint density at radius 2 is 2.00 bits per heavy atom. The fraction of sp³-hybridized carbons (Fsp3) is 0.200. The van der Waals surface area contributed by atoms with E-state index in [4.69, 9.17) is 4.52 Å². The molecule has 4 aromatic rings. The summed E-state index contributed by atoms with van der Waals surface area (Å²) >= 11 is 0. The summed E-state index contributed by atoms with van der Waals surface area (Å²) in [6.45, 7) is 4.04. The second-order valence-corrected chi connectivity index (χ2v) is 6.69. The van der Waals surface area contributed by atoms with E-state index in [2.05, 4.69) is 20.4 Å². The van der Waals surface area contributed by atoms with E-state index >= 15 is 0 Å². The number of carbonyl (C=O) groups excluding carboxylic acids is 1. The molecule has 0 unspecified atom stereocenters. The third-order valence-corrected chi connectivity index (χ3v) is 4.40. The van der Waals surface area contributed by atoms with Crippen molar-refractivity contribution in [3.8, 4) is 11.4 Å². The van der Waals surface area contributed by atoms with Crippen molar-refractivity contribution >= 4 is 16.9 Å². The van der Waals surface area contributed by atoms with E-state index in [1.807, 2.05) is 38.1 Å². The van der Waals surface area contributed by atoms with E-state index in [9.17, 15) is 9.59 Å². The van der Waals surface area contributed by atoms with E-state index in [1.165, 1.54) is 0 Å². The molecule has 0 bridgehead atoms. The predicted octanol–water partition coefficient (Wildman–Crippen LogP) is 2.89. The molecule has 2 heterocycles. The number of nitrogens with one attached hydrogen (secondary N) is 2. The van der Waals surface area contributed by atoms with Gasteiger partial charge in [-0.05, 0) is 44.2 Å². The lowest BCUT2D eigenvalue weighted by atomic mass is 10.2. The molecule has 0 aliphatic heterocycles. The molecule has 142 valence electrons. The highest BCUT2D eigenvalue weighted by molar-refractivity contribution is 5.94. The minimum Gasteiger partial charge on any atom is -0.343 e. The molecule has 2 N–H and O–H groups in total. The number of imidazole rings is 1. The average Bonchev–Trinajstić information content (AvgIpc) is 3.29. The Balaban J connectivity index is 1.52. The zero-order valence-electron chi connectivity index (χ0n) is 15.5. The number of benzene rings is 2. The maximum Gasteiger partial charge on any atom is 0.326 e. The molecule has 0 fully saturated rings. The van der Waals surface area contributed by atoms with Gasteiger partial charge in [-0.3, -0.25) is 9.36 Å². The summed E-state index contributed by atoms with van der Waals surface area (Å²) < 4.78 is 6.93. The van der Waals surface area contributed by atoms with Crippen LogP contribution in [-0.4, -0.2) is 25.6 Å². The molecule has 0 atom stereocenters. The zero-order valence-corrected chi connectivity index (χ0v) is 15.5. The van der Waals surface area contributed by atoms with Crippen molar-refractivity contribution in [2.45, 2.75) is 26.4 Å². The van der Waals surface area contributed by atoms with Gasteiger partial charge in [0.15, 0.2) is 0 Å². The van der Waals surface area contributed by atoms with Crippen molar-refractivity contribution in [3.05, 3.63) is 70.5 Å². The lowest BCUT2D eigenvalue weighted by Gasteiger charge is -2.06. The van der Waals surface area contributed by atoms with Gasteiger partial charge in [0.25, 0.3) is 5.91 Å². The van der Waals surface area contributed by atoms with Crippen LogP contribution in [-0.2, 0) is 6.54 Å². The summed E-state index contributed by atoms with van der Waals surface area (Å²) in [6, 6.07) is 14.5. The van der Waals surface area contributed by atoms with E-state index in [1.54, 1.807) is 28.8 Å². The number of carbonyl (C=O) groups is 1. The highest BCUT2D eigenvalue weighted by Crippen LogP contribution is 2.22. The first-order chi connectivity index (χ1) is 13.5. The Bertz CT molecular complexity index is 1190. The predicted molar refractivity (Wildman–Crippen MR) is 104 cm³/mol. The number of H-pyrrole nitrogens is 1. The highest BCUT2D eigenvalue weighted by atomic mass is 16.5. The summed E-state index contributed by atoms with van der Waals surface area (Å²) in [4.78, 5) is 31.4. The van der Waals surface area contributed by atoms with Crippen LogP contribution in [0.15, 0.2) is 57.8 Å². The quantitative estimate of drug-likeness (QED) is 0.556. The lowest BCUT2D eigenvalue weighted by Crippen LogP contribution is -2.22. The summed E-state index contributed by atoms with van der Waals surface area (Å²) in [5, 5.41) is 6.72. The Hall–Kier alpha value is -3.68. The van der Waals surface area contributed by atoms with Gasteiger partial charge in [-0.25, -0.2) is 4.79 Å². The van der Waals surface area contributed by atoms with Gasteiger partial charge < -0.3 is 14.8 Å². The van der Waals surface area contributed by atoms with Crippen LogP contribution in [0.25, 0.3) is 22.4 Å². The summed E-state index contributed by atoms with van der Waals surface area (Å²) in [5.41, 5.74) is 2.66. The van der Waals surface area contributed by atoms with Crippen LogP contribution < -0.4 is 11.0 Å². The highest BCUT2D eigenvalue weighted by Gasteiger charge is 2.14. The van der Waals surface area contributed by atoms with E-state index in [0.29, 0.717) is 28.4 Å². The minimum atomic E-state index is -0.214. The standard InChI is InChI=1S/C20H19N5O3/c1-12(2)25-16-9-8-14(10-15(16)22-20(25)27)18-23-17(28-24-18)11-21-19(26)13-6-4-3-5-7-13/h3-10,12H,11H2,1-2H3,(H,21,26)(H,22,27). The second-order valence-electron chi connectivity index (χ2n) is 6.69. The fourth-order valence-electron chi connectivity index (χ4n) is 3.07. The molecule has 0 spiro atoms. The number of hydrogen-bond acceptors (Lipinski definition) is 5. The number of nitrogens with zero attached hydrogens (tertiary/aromatic N) is 3. The Labute approximate surface area is 160 Å². The summed E-state index contributed by atoms with van der Waals surface area (Å²) in [6.07, 6.45) is 0. The Morgan fingerprint density at radius 1 is 1.21 bits per heavy atom. The molecule has 0 saturated carbocycles. The molecule has 4 rings (SSSR count). The third-order valence-electron chi connectivity index (χ3n) is 4.40. The number of aromatic nitrogens is 4. The molecular formula is C20H19N5O3. The van der Waals surface area contributed by atoms with Crippen molar-refractivity contribution in [2.75, 3.05) is 0 Å². The van der Waals surface area contributed by atoms with Gasteiger partial charge in [0.1, 0.15) is 0 Å². The van der Waals surface area contributed by atoms with Gasteiger partial charge in [-0.1, -0.05) is 23.4 Å². The van der Waals surface area contributed by atoms with Crippen LogP contribution in [0, 0.1) is 0 Å². The Kier molecular flexibility index (Phi) is 4.52. The van der Waals surface area contributed by atoms with Gasteiger partial charge in [-0.15, -0.1) is 0 Å². The van der Waals surface area contributed by atoms with Crippen molar-refractivity contribution in [1.82, 2.24) is 25.0 Å². The molecule has 2 aromatic heterocycles. The van der Waals surface area contributed by atoms with Crippen LogP contribution >= 0.6 is 0 Å². The van der Waals surface area contributed by atoms with Gasteiger partial charge >= 0.3 is 5.69 Å². The normalized spacial score (nSPS) is 11.2. The van der Waals surface area contributed by atoms with Gasteiger partial charge in [0.05, 0.1) is 17.6 Å². The first-order valence-electron chi connectivity index (χ1n) is 8.93. The topological polar surface area (TPSA) is 106 Å². The van der Waals surface area contributed by atoms with Crippen LogP contribution in [0.4, 0.5) is 0 Å². The molecule has 0 aliphatic rings. The maximum atomic E-state index is 12.1. The minimum absolute atomic E-state index is 0.0529. The smallest absolute Gasteiger partial charge is 0.326 e. The number of aromatic amines is 1. The van der Waals surface area contributed by atoms with Gasteiger partial charge in [0.2, 0.25) is 11.7 Å². The van der Waals surface area contributed by atoms with Crippen molar-refractivity contribution in [1.29, 1.82) is 0 Å². The van der Waals surface area contributed by atoms with Crippen LogP contribution in [0.2, 0.25) is 0 Å². The average molecular weight is 377 g/mol. The largest absolute Gasteiger partial charge is 0.343 e. The van der Waals surface area contributed by atoms with Crippen molar-refractivity contribution < 1.29 is 9.32 Å². The molecule has 2 aromatic carbocycles. The molecule has 0 aliphatic carbocycles. The summed E-state index contributed by atoms with van der Waals surface area (Å²) in [7, 11) is 0. The van der Waals surface area contributed by atoms with Gasteiger partial charge in [-0.2, -0.15) is 4.98 Å². The summed E-state index contributed by atoms with van der Waals surface area (Å²) in [5.74, 6) is 0.478. The van der Waals surface area contributed by atoms with Gasteiger partial charge in [0, 0.05) is 17.2 Å².